The van der Waals surface area contributed by atoms with Crippen LogP contribution >= 0.6 is 11.3 Å². The minimum atomic E-state index is -0.307. The smallest absolute Gasteiger partial charge is 0.277 e. The van der Waals surface area contributed by atoms with Gasteiger partial charge in [-0.3, -0.25) is 10.1 Å². The maximum absolute atomic E-state index is 12.6. The molecule has 1 amide bonds. The predicted octanol–water partition coefficient (Wildman–Crippen LogP) is 3.88. The fourth-order valence-corrected chi connectivity index (χ4v) is 3.97. The Labute approximate surface area is 164 Å². The van der Waals surface area contributed by atoms with Crippen molar-refractivity contribution in [3.8, 4) is 22.1 Å². The van der Waals surface area contributed by atoms with E-state index in [1.165, 1.54) is 16.9 Å². The van der Waals surface area contributed by atoms with Crippen LogP contribution in [-0.2, 0) is 6.42 Å². The van der Waals surface area contributed by atoms with Gasteiger partial charge in [-0.1, -0.05) is 0 Å². The lowest BCUT2D eigenvalue weighted by molar-refractivity contribution is 0.102. The first-order valence-electron chi connectivity index (χ1n) is 8.76. The number of aromatic nitrogens is 3. The summed E-state index contributed by atoms with van der Waals surface area (Å²) in [5.41, 5.74) is 4.06. The zero-order valence-electron chi connectivity index (χ0n) is 15.0. The molecular formula is C20H16N4O3S. The van der Waals surface area contributed by atoms with Gasteiger partial charge in [0.05, 0.1) is 24.8 Å². The molecule has 5 rings (SSSR count). The number of imidazole rings is 1. The first kappa shape index (κ1) is 16.8. The molecule has 0 fully saturated rings. The molecule has 2 N–H and O–H groups in total. The molecule has 4 aromatic rings. The number of rotatable bonds is 4. The molecule has 140 valence electrons. The van der Waals surface area contributed by atoms with Gasteiger partial charge in [-0.25, -0.2) is 9.97 Å². The number of nitrogens with zero attached hydrogens (tertiary/aromatic N) is 2. The highest BCUT2D eigenvalue weighted by atomic mass is 32.1. The molecule has 0 spiro atoms. The number of carbonyl (C=O) groups excluding carboxylic acids is 1. The highest BCUT2D eigenvalue weighted by Gasteiger charge is 2.17. The van der Waals surface area contributed by atoms with Crippen molar-refractivity contribution in [1.29, 1.82) is 0 Å². The Balaban J connectivity index is 1.36. The highest BCUT2D eigenvalue weighted by Crippen LogP contribution is 2.32. The summed E-state index contributed by atoms with van der Waals surface area (Å²) in [7, 11) is 1.60. The molecule has 7 nitrogen and oxygen atoms in total. The topological polar surface area (TPSA) is 89.1 Å². The van der Waals surface area contributed by atoms with Crippen LogP contribution in [0.3, 0.4) is 0 Å². The van der Waals surface area contributed by atoms with Gasteiger partial charge in [-0.05, 0) is 35.9 Å². The maximum atomic E-state index is 12.6. The first-order chi connectivity index (χ1) is 13.7. The van der Waals surface area contributed by atoms with Gasteiger partial charge < -0.3 is 14.5 Å². The van der Waals surface area contributed by atoms with Gasteiger partial charge in [0, 0.05) is 23.4 Å². The van der Waals surface area contributed by atoms with Crippen molar-refractivity contribution in [3.05, 3.63) is 53.0 Å². The van der Waals surface area contributed by atoms with Crippen LogP contribution in [0.1, 0.15) is 16.1 Å². The van der Waals surface area contributed by atoms with Crippen molar-refractivity contribution in [2.45, 2.75) is 6.42 Å². The molecule has 2 aromatic carbocycles. The summed E-state index contributed by atoms with van der Waals surface area (Å²) in [5.74, 6) is 1.70. The number of aromatic amines is 1. The van der Waals surface area contributed by atoms with Gasteiger partial charge in [0.1, 0.15) is 22.2 Å². The Morgan fingerprint density at radius 3 is 3.07 bits per heavy atom. The summed E-state index contributed by atoms with van der Waals surface area (Å²) in [5, 5.41) is 5.32. The lowest BCUT2D eigenvalue weighted by Crippen LogP contribution is -2.13. The number of fused-ring (bicyclic) bond motifs is 2. The molecule has 1 aliphatic heterocycles. The minimum absolute atomic E-state index is 0.307. The van der Waals surface area contributed by atoms with Crippen LogP contribution in [0.5, 0.6) is 11.5 Å². The minimum Gasteiger partial charge on any atom is -0.497 e. The van der Waals surface area contributed by atoms with E-state index in [4.69, 9.17) is 9.47 Å². The molecule has 0 unspecified atom stereocenters. The van der Waals surface area contributed by atoms with Crippen molar-refractivity contribution in [2.75, 3.05) is 19.0 Å². The van der Waals surface area contributed by atoms with E-state index >= 15 is 0 Å². The second-order valence-corrected chi connectivity index (χ2v) is 7.24. The number of hydrogen-bond donors (Lipinski definition) is 2. The van der Waals surface area contributed by atoms with Crippen molar-refractivity contribution >= 4 is 34.2 Å². The highest BCUT2D eigenvalue weighted by molar-refractivity contribution is 7.13. The van der Waals surface area contributed by atoms with E-state index in [-0.39, 0.29) is 5.91 Å². The molecule has 0 atom stereocenters. The van der Waals surface area contributed by atoms with Gasteiger partial charge in [-0.15, -0.1) is 11.3 Å². The average Bonchev–Trinajstić information content (AvgIpc) is 3.44. The number of benzene rings is 2. The Bertz CT molecular complexity index is 1200. The second kappa shape index (κ2) is 6.65. The van der Waals surface area contributed by atoms with Gasteiger partial charge in [0.15, 0.2) is 0 Å². The monoisotopic (exact) mass is 392 g/mol. The number of anilines is 1. The standard InChI is InChI=1S/C20H16N4O3S/c1-26-13-3-4-14-15(9-13)23-20(22-14)24-18(25)16-10-28-19(21-16)12-2-5-17-11(8-12)6-7-27-17/h2-5,8-10H,6-7H2,1H3,(H2,22,23,24,25). The van der Waals surface area contributed by atoms with E-state index in [1.807, 2.05) is 24.3 Å². The number of amides is 1. The zero-order valence-corrected chi connectivity index (χ0v) is 15.8. The molecule has 0 saturated heterocycles. The normalized spacial score (nSPS) is 12.6. The zero-order chi connectivity index (χ0) is 19.1. The predicted molar refractivity (Wildman–Crippen MR) is 107 cm³/mol. The molecule has 1 aliphatic rings. The third-order valence-corrected chi connectivity index (χ3v) is 5.49. The Hall–Kier alpha value is -3.39. The van der Waals surface area contributed by atoms with Crippen LogP contribution in [0.2, 0.25) is 0 Å². The molecule has 28 heavy (non-hydrogen) atoms. The van der Waals surface area contributed by atoms with Crippen LogP contribution in [0.25, 0.3) is 21.6 Å². The van der Waals surface area contributed by atoms with E-state index in [1.54, 1.807) is 18.6 Å². The van der Waals surface area contributed by atoms with E-state index in [0.29, 0.717) is 29.5 Å². The van der Waals surface area contributed by atoms with Gasteiger partial charge in [0.25, 0.3) is 5.91 Å². The number of H-pyrrole nitrogens is 1. The van der Waals surface area contributed by atoms with E-state index in [2.05, 4.69) is 26.3 Å². The average molecular weight is 392 g/mol. The van der Waals surface area contributed by atoms with Crippen molar-refractivity contribution in [3.63, 3.8) is 0 Å². The molecule has 2 aromatic heterocycles. The molecule has 3 heterocycles. The molecule has 0 bridgehead atoms. The third-order valence-electron chi connectivity index (χ3n) is 4.60. The molecule has 0 saturated carbocycles. The van der Waals surface area contributed by atoms with Crippen molar-refractivity contribution in [1.82, 2.24) is 15.0 Å². The Morgan fingerprint density at radius 2 is 2.18 bits per heavy atom. The van der Waals surface area contributed by atoms with Crippen LogP contribution < -0.4 is 14.8 Å². The summed E-state index contributed by atoms with van der Waals surface area (Å²) in [6.07, 6.45) is 0.902. The molecular weight excluding hydrogens is 376 g/mol. The van der Waals surface area contributed by atoms with Gasteiger partial charge in [0.2, 0.25) is 5.95 Å². The molecule has 8 heteroatoms. The summed E-state index contributed by atoms with van der Waals surface area (Å²) < 4.78 is 10.7. The number of carbonyl (C=O) groups is 1. The number of ether oxygens (including phenoxy) is 2. The van der Waals surface area contributed by atoms with Crippen LogP contribution in [0, 0.1) is 0 Å². The van der Waals surface area contributed by atoms with Crippen LogP contribution in [0.4, 0.5) is 5.95 Å². The summed E-state index contributed by atoms with van der Waals surface area (Å²) in [6, 6.07) is 11.5. The van der Waals surface area contributed by atoms with Gasteiger partial charge in [-0.2, -0.15) is 0 Å². The number of hydrogen-bond acceptors (Lipinski definition) is 6. The molecule has 0 radical (unpaired) electrons. The summed E-state index contributed by atoms with van der Waals surface area (Å²) in [6.45, 7) is 0.716. The SMILES string of the molecule is COc1ccc2[nH]c(NC(=O)c3csc(-c4ccc5c(c4)CCO5)n3)nc2c1. The lowest BCUT2D eigenvalue weighted by atomic mass is 10.1. The Kier molecular flexibility index (Phi) is 3.98. The largest absolute Gasteiger partial charge is 0.497 e. The maximum Gasteiger partial charge on any atom is 0.277 e. The molecule has 0 aliphatic carbocycles. The van der Waals surface area contributed by atoms with E-state index in [9.17, 15) is 4.79 Å². The fraction of sp³-hybridized carbons (Fsp3) is 0.150. The Morgan fingerprint density at radius 1 is 1.25 bits per heavy atom. The van der Waals surface area contributed by atoms with E-state index in [0.717, 1.165) is 28.3 Å². The fourth-order valence-electron chi connectivity index (χ4n) is 3.17. The lowest BCUT2D eigenvalue weighted by Gasteiger charge is -2.01. The quantitative estimate of drug-likeness (QED) is 0.550. The third kappa shape index (κ3) is 2.97. The van der Waals surface area contributed by atoms with Crippen molar-refractivity contribution in [2.24, 2.45) is 0 Å². The van der Waals surface area contributed by atoms with Gasteiger partial charge >= 0.3 is 0 Å². The van der Waals surface area contributed by atoms with Crippen LogP contribution in [0.15, 0.2) is 41.8 Å². The summed E-state index contributed by atoms with van der Waals surface area (Å²) >= 11 is 1.44. The number of thiazole rings is 1. The summed E-state index contributed by atoms with van der Waals surface area (Å²) in [4.78, 5) is 24.5. The first-order valence-corrected chi connectivity index (χ1v) is 9.64. The number of methoxy groups -OCH3 is 1. The second-order valence-electron chi connectivity index (χ2n) is 6.38. The number of nitrogens with one attached hydrogen (secondary N) is 2. The van der Waals surface area contributed by atoms with Crippen molar-refractivity contribution < 1.29 is 14.3 Å². The van der Waals surface area contributed by atoms with E-state index < -0.39 is 0 Å². The van der Waals surface area contributed by atoms with Crippen LogP contribution in [-0.4, -0.2) is 34.6 Å².